The largest absolute Gasteiger partial charge is 0.345 e. The first kappa shape index (κ1) is 11.5. The summed E-state index contributed by atoms with van der Waals surface area (Å²) in [5.41, 5.74) is 1.95. The Morgan fingerprint density at radius 2 is 1.92 bits per heavy atom. The van der Waals surface area contributed by atoms with Crippen LogP contribution in [0, 0.1) is 0 Å². The molecule has 0 aliphatic carbocycles. The summed E-state index contributed by atoms with van der Waals surface area (Å²) in [4.78, 5) is 1.97. The van der Waals surface area contributed by atoms with Gasteiger partial charge in [0.15, 0.2) is 0 Å². The summed E-state index contributed by atoms with van der Waals surface area (Å²) in [6.07, 6.45) is 9.27. The summed E-state index contributed by atoms with van der Waals surface area (Å²) in [5, 5.41) is 0. The molecular weight excluding hydrogens is 158 g/mol. The van der Waals surface area contributed by atoms with Gasteiger partial charge in [-0.2, -0.15) is 0 Å². The summed E-state index contributed by atoms with van der Waals surface area (Å²) in [5.74, 6) is 0. The zero-order valence-electron chi connectivity index (χ0n) is 8.46. The minimum atomic E-state index is 0.910. The van der Waals surface area contributed by atoms with Crippen LogP contribution in [0.3, 0.4) is 0 Å². The van der Waals surface area contributed by atoms with E-state index in [-0.39, 0.29) is 0 Å². The van der Waals surface area contributed by atoms with Crippen molar-refractivity contribution in [1.29, 1.82) is 0 Å². The van der Waals surface area contributed by atoms with Gasteiger partial charge in [0.05, 0.1) is 0 Å². The lowest BCUT2D eigenvalue weighted by Gasteiger charge is -2.20. The van der Waals surface area contributed by atoms with E-state index in [4.69, 9.17) is 0 Å². The fraction of sp³-hybridized carbons (Fsp3) is 0.167. The number of allylic oxidation sites excluding steroid dienone is 5. The molecule has 0 saturated heterocycles. The number of nitrogens with zero attached hydrogens (tertiary/aromatic N) is 1. The van der Waals surface area contributed by atoms with E-state index in [1.54, 1.807) is 12.2 Å². The summed E-state index contributed by atoms with van der Waals surface area (Å²) in [6, 6.07) is 0. The second-order valence-corrected chi connectivity index (χ2v) is 2.56. The van der Waals surface area contributed by atoms with Crippen LogP contribution in [0.4, 0.5) is 0 Å². The first-order valence-corrected chi connectivity index (χ1v) is 4.17. The van der Waals surface area contributed by atoms with E-state index in [9.17, 15) is 0 Å². The molecule has 0 rings (SSSR count). The number of hydrogen-bond acceptors (Lipinski definition) is 1. The van der Waals surface area contributed by atoms with E-state index in [1.165, 1.54) is 0 Å². The van der Waals surface area contributed by atoms with Crippen molar-refractivity contribution < 1.29 is 0 Å². The summed E-state index contributed by atoms with van der Waals surface area (Å²) >= 11 is 0. The van der Waals surface area contributed by atoms with Gasteiger partial charge in [0.2, 0.25) is 0 Å². The molecule has 13 heavy (non-hydrogen) atoms. The Morgan fingerprint density at radius 3 is 2.31 bits per heavy atom. The molecule has 0 unspecified atom stereocenters. The monoisotopic (exact) mass is 175 g/mol. The highest BCUT2D eigenvalue weighted by molar-refractivity contribution is 5.26. The van der Waals surface area contributed by atoms with Crippen molar-refractivity contribution in [2.24, 2.45) is 0 Å². The van der Waals surface area contributed by atoms with Gasteiger partial charge in [-0.15, -0.1) is 0 Å². The Bertz CT molecular complexity index is 256. The van der Waals surface area contributed by atoms with Crippen LogP contribution in [0.5, 0.6) is 0 Å². The molecule has 0 heterocycles. The maximum Gasteiger partial charge on any atom is 0.0358 e. The predicted octanol–water partition coefficient (Wildman–Crippen LogP) is 3.26. The maximum atomic E-state index is 3.91. The first-order chi connectivity index (χ1) is 6.17. The molecule has 0 fully saturated rings. The van der Waals surface area contributed by atoms with Gasteiger partial charge in [-0.1, -0.05) is 38.0 Å². The fourth-order valence-corrected chi connectivity index (χ4v) is 0.905. The van der Waals surface area contributed by atoms with Gasteiger partial charge in [-0.05, 0) is 19.1 Å². The van der Waals surface area contributed by atoms with Crippen molar-refractivity contribution in [2.45, 2.75) is 6.92 Å². The van der Waals surface area contributed by atoms with Gasteiger partial charge in [-0.3, -0.25) is 0 Å². The molecule has 0 saturated carbocycles. The van der Waals surface area contributed by atoms with E-state index in [0.717, 1.165) is 11.4 Å². The van der Waals surface area contributed by atoms with Crippen LogP contribution in [0.2, 0.25) is 0 Å². The molecule has 0 amide bonds. The lowest BCUT2D eigenvalue weighted by Crippen LogP contribution is -2.13. The third-order valence-electron chi connectivity index (χ3n) is 1.75. The van der Waals surface area contributed by atoms with Gasteiger partial charge in [0.1, 0.15) is 0 Å². The van der Waals surface area contributed by atoms with Gasteiger partial charge < -0.3 is 4.90 Å². The average Bonchev–Trinajstić information content (AvgIpc) is 2.15. The number of hydrogen-bond donors (Lipinski definition) is 0. The van der Waals surface area contributed by atoms with Crippen LogP contribution < -0.4 is 0 Å². The second-order valence-electron chi connectivity index (χ2n) is 2.56. The van der Waals surface area contributed by atoms with E-state index < -0.39 is 0 Å². The Labute approximate surface area is 81.1 Å². The normalized spacial score (nSPS) is 11.4. The van der Waals surface area contributed by atoms with Gasteiger partial charge in [0, 0.05) is 18.4 Å². The molecule has 0 radical (unpaired) electrons. The van der Waals surface area contributed by atoms with Gasteiger partial charge >= 0.3 is 0 Å². The van der Waals surface area contributed by atoms with Crippen molar-refractivity contribution in [2.75, 3.05) is 7.05 Å². The summed E-state index contributed by atoms with van der Waals surface area (Å²) in [7, 11) is 1.95. The quantitative estimate of drug-likeness (QED) is 0.580. The molecule has 70 valence electrons. The minimum absolute atomic E-state index is 0.910. The van der Waals surface area contributed by atoms with Gasteiger partial charge in [0.25, 0.3) is 0 Å². The molecule has 0 aromatic carbocycles. The standard InChI is InChI=1S/C12H17N/c1-6-9-10-11(4)13(5)12(7-2)8-3/h6-10H,1-2,4H2,3,5H3/b10-9-,12-8+. The molecular formula is C12H17N. The Hall–Kier alpha value is -1.50. The van der Waals surface area contributed by atoms with Crippen molar-refractivity contribution in [1.82, 2.24) is 4.90 Å². The zero-order chi connectivity index (χ0) is 10.3. The van der Waals surface area contributed by atoms with Crippen LogP contribution in [-0.4, -0.2) is 11.9 Å². The molecule has 0 aliphatic heterocycles. The molecule has 0 N–H and O–H groups in total. The molecule has 1 nitrogen and oxygen atoms in total. The van der Waals surface area contributed by atoms with E-state index in [1.807, 2.05) is 37.1 Å². The molecule has 0 atom stereocenters. The molecule has 0 bridgehead atoms. The molecule has 0 aromatic rings. The first-order valence-electron chi connectivity index (χ1n) is 4.17. The highest BCUT2D eigenvalue weighted by atomic mass is 15.1. The van der Waals surface area contributed by atoms with Crippen LogP contribution >= 0.6 is 0 Å². The van der Waals surface area contributed by atoms with Crippen molar-refractivity contribution >= 4 is 0 Å². The Balaban J connectivity index is 4.50. The van der Waals surface area contributed by atoms with Crippen LogP contribution in [-0.2, 0) is 0 Å². The van der Waals surface area contributed by atoms with E-state index >= 15 is 0 Å². The molecule has 1 heteroatoms. The smallest absolute Gasteiger partial charge is 0.0358 e. The minimum Gasteiger partial charge on any atom is -0.345 e. The van der Waals surface area contributed by atoms with Crippen LogP contribution in [0.1, 0.15) is 6.92 Å². The van der Waals surface area contributed by atoms with Crippen LogP contribution in [0.25, 0.3) is 0 Å². The third-order valence-corrected chi connectivity index (χ3v) is 1.75. The van der Waals surface area contributed by atoms with E-state index in [2.05, 4.69) is 19.7 Å². The average molecular weight is 175 g/mol. The lowest BCUT2D eigenvalue weighted by atomic mass is 10.3. The van der Waals surface area contributed by atoms with Crippen molar-refractivity contribution in [3.05, 3.63) is 61.5 Å². The summed E-state index contributed by atoms with van der Waals surface area (Å²) in [6.45, 7) is 13.2. The SMILES string of the molecule is C=C/C=C\C(=C)N(C)/C(C=C)=C/C. The lowest BCUT2D eigenvalue weighted by molar-refractivity contribution is 0.556. The van der Waals surface area contributed by atoms with Crippen molar-refractivity contribution in [3.63, 3.8) is 0 Å². The predicted molar refractivity (Wildman–Crippen MR) is 60.2 cm³/mol. The molecule has 0 aliphatic rings. The Kier molecular flexibility index (Phi) is 5.37. The number of rotatable bonds is 5. The Morgan fingerprint density at radius 1 is 1.31 bits per heavy atom. The third kappa shape index (κ3) is 3.61. The number of likely N-dealkylation sites (N-methyl/N-ethyl adjacent to an activating group) is 1. The van der Waals surface area contributed by atoms with E-state index in [0.29, 0.717) is 0 Å². The highest BCUT2D eigenvalue weighted by Crippen LogP contribution is 2.10. The summed E-state index contributed by atoms with van der Waals surface area (Å²) < 4.78 is 0. The molecule has 0 spiro atoms. The fourth-order valence-electron chi connectivity index (χ4n) is 0.905. The molecule has 0 aromatic heterocycles. The van der Waals surface area contributed by atoms with Crippen LogP contribution in [0.15, 0.2) is 61.5 Å². The zero-order valence-corrected chi connectivity index (χ0v) is 8.46. The topological polar surface area (TPSA) is 3.24 Å². The van der Waals surface area contributed by atoms with Gasteiger partial charge in [-0.25, -0.2) is 0 Å². The highest BCUT2D eigenvalue weighted by Gasteiger charge is 1.99. The van der Waals surface area contributed by atoms with Crippen molar-refractivity contribution in [3.8, 4) is 0 Å². The second kappa shape index (κ2) is 6.06. The maximum absolute atomic E-state index is 3.91.